The van der Waals surface area contributed by atoms with Crippen LogP contribution in [0.25, 0.3) is 0 Å². The smallest absolute Gasteiger partial charge is 0.140 e. The highest BCUT2D eigenvalue weighted by molar-refractivity contribution is 6.01. The van der Waals surface area contributed by atoms with Gasteiger partial charge in [-0.25, -0.2) is 4.98 Å². The Balaban J connectivity index is 2.44. The van der Waals surface area contributed by atoms with E-state index in [4.69, 9.17) is 15.9 Å². The maximum Gasteiger partial charge on any atom is 0.140 e. The van der Waals surface area contributed by atoms with Gasteiger partial charge in [0, 0.05) is 25.4 Å². The zero-order valence-corrected chi connectivity index (χ0v) is 13.4. The van der Waals surface area contributed by atoms with Crippen molar-refractivity contribution in [3.8, 4) is 0 Å². The number of nitrogen functional groups attached to an aromatic ring is 1. The molecule has 1 aromatic heterocycles. The number of hydrogen-bond acceptors (Lipinski definition) is 4. The summed E-state index contributed by atoms with van der Waals surface area (Å²) in [7, 11) is 1.71. The Hall–Kier alpha value is -1.62. The van der Waals surface area contributed by atoms with E-state index in [0.29, 0.717) is 18.6 Å². The monoisotopic (exact) mass is 290 g/mol. The summed E-state index contributed by atoms with van der Waals surface area (Å²) in [4.78, 5) is 6.95. The molecule has 0 radical (unpaired) electrons. The molecule has 1 atom stereocenters. The lowest BCUT2D eigenvalue weighted by Gasteiger charge is -2.32. The third-order valence-electron chi connectivity index (χ3n) is 4.20. The van der Waals surface area contributed by atoms with Gasteiger partial charge in [0.2, 0.25) is 0 Å². The van der Waals surface area contributed by atoms with Gasteiger partial charge in [0.05, 0.1) is 12.2 Å². The van der Waals surface area contributed by atoms with Crippen molar-refractivity contribution < 1.29 is 4.74 Å². The lowest BCUT2D eigenvalue weighted by molar-refractivity contribution is 0.202. The van der Waals surface area contributed by atoms with Crippen molar-refractivity contribution in [2.45, 2.75) is 39.7 Å². The van der Waals surface area contributed by atoms with Crippen LogP contribution in [0.15, 0.2) is 6.07 Å². The molecule has 1 saturated carbocycles. The van der Waals surface area contributed by atoms with Crippen molar-refractivity contribution in [3.63, 3.8) is 0 Å². The summed E-state index contributed by atoms with van der Waals surface area (Å²) in [6.07, 6.45) is 2.54. The molecular formula is C16H26N4O. The van der Waals surface area contributed by atoms with Crippen LogP contribution in [0.4, 0.5) is 5.82 Å². The van der Waals surface area contributed by atoms with Crippen molar-refractivity contribution in [1.82, 2.24) is 4.98 Å². The van der Waals surface area contributed by atoms with Gasteiger partial charge in [-0.2, -0.15) is 0 Å². The van der Waals surface area contributed by atoms with E-state index >= 15 is 0 Å². The molecule has 2 rings (SSSR count). The second kappa shape index (κ2) is 6.43. The Bertz CT molecular complexity index is 525. The zero-order valence-electron chi connectivity index (χ0n) is 13.4. The Morgan fingerprint density at radius 2 is 2.19 bits per heavy atom. The number of amidine groups is 1. The fourth-order valence-electron chi connectivity index (χ4n) is 2.88. The molecule has 21 heavy (non-hydrogen) atoms. The van der Waals surface area contributed by atoms with Crippen LogP contribution in [0.2, 0.25) is 0 Å². The zero-order chi connectivity index (χ0) is 15.6. The Morgan fingerprint density at radius 1 is 1.52 bits per heavy atom. The Labute approximate surface area is 127 Å². The second-order valence-corrected chi connectivity index (χ2v) is 5.96. The number of nitrogens with zero attached hydrogens (tertiary/aromatic N) is 2. The first kappa shape index (κ1) is 15.8. The summed E-state index contributed by atoms with van der Waals surface area (Å²) < 4.78 is 5.25. The van der Waals surface area contributed by atoms with Crippen molar-refractivity contribution in [1.29, 1.82) is 5.41 Å². The molecule has 1 aliphatic carbocycles. The van der Waals surface area contributed by atoms with Gasteiger partial charge in [0.25, 0.3) is 0 Å². The molecule has 0 spiro atoms. The molecule has 5 nitrogen and oxygen atoms in total. The number of ether oxygens (including phenoxy) is 1. The fourth-order valence-corrected chi connectivity index (χ4v) is 2.88. The van der Waals surface area contributed by atoms with Crippen LogP contribution in [-0.4, -0.2) is 37.1 Å². The van der Waals surface area contributed by atoms with E-state index in [0.717, 1.165) is 29.2 Å². The van der Waals surface area contributed by atoms with Gasteiger partial charge in [-0.05, 0) is 51.2 Å². The van der Waals surface area contributed by atoms with Gasteiger partial charge in [-0.15, -0.1) is 0 Å². The third-order valence-corrected chi connectivity index (χ3v) is 4.20. The summed E-state index contributed by atoms with van der Waals surface area (Å²) in [5, 5.41) is 7.90. The molecule has 1 aliphatic rings. The van der Waals surface area contributed by atoms with Gasteiger partial charge >= 0.3 is 0 Å². The maximum absolute atomic E-state index is 7.90. The minimum Gasteiger partial charge on any atom is -0.384 e. The van der Waals surface area contributed by atoms with Crippen LogP contribution in [0.3, 0.4) is 0 Å². The highest BCUT2D eigenvalue weighted by Gasteiger charge is 2.34. The quantitative estimate of drug-likeness (QED) is 0.596. The number of pyridine rings is 1. The number of nitrogens with one attached hydrogen (secondary N) is 1. The largest absolute Gasteiger partial charge is 0.384 e. The molecule has 0 saturated heterocycles. The van der Waals surface area contributed by atoms with E-state index in [1.165, 1.54) is 12.8 Å². The van der Waals surface area contributed by atoms with Crippen LogP contribution in [-0.2, 0) is 4.74 Å². The average molecular weight is 290 g/mol. The number of hydrogen-bond donors (Lipinski definition) is 2. The normalized spacial score (nSPS) is 15.8. The molecule has 1 fully saturated rings. The summed E-state index contributed by atoms with van der Waals surface area (Å²) in [6, 6.07) is 2.38. The topological polar surface area (TPSA) is 75.2 Å². The highest BCUT2D eigenvalue weighted by atomic mass is 16.5. The number of anilines is 1. The summed E-state index contributed by atoms with van der Waals surface area (Å²) in [5.41, 5.74) is 8.53. The van der Waals surface area contributed by atoms with Gasteiger partial charge in [0.15, 0.2) is 0 Å². The minimum atomic E-state index is 0.0837. The number of aromatic nitrogens is 1. The third kappa shape index (κ3) is 3.53. The van der Waals surface area contributed by atoms with Gasteiger partial charge in [0.1, 0.15) is 11.7 Å². The predicted molar refractivity (Wildman–Crippen MR) is 86.1 cm³/mol. The summed E-state index contributed by atoms with van der Waals surface area (Å²) in [6.45, 7) is 7.62. The van der Waals surface area contributed by atoms with E-state index in [2.05, 4.69) is 16.8 Å². The standard InChI is InChI=1S/C16H26N4O/c1-10-9-11(2)19-16(14(10)15(17)18)20(7-8-21-4)12(3)13-5-6-13/h9,12-13H,5-8H2,1-4H3,(H3,17,18). The molecule has 0 bridgehead atoms. The van der Waals surface area contributed by atoms with Gasteiger partial charge < -0.3 is 15.4 Å². The SMILES string of the molecule is COCCN(c1nc(C)cc(C)c1C(=N)N)C(C)C1CC1. The molecule has 1 heterocycles. The van der Waals surface area contributed by atoms with Crippen molar-refractivity contribution in [2.24, 2.45) is 11.7 Å². The maximum atomic E-state index is 7.90. The molecule has 0 amide bonds. The average Bonchev–Trinajstić information content (AvgIpc) is 3.21. The van der Waals surface area contributed by atoms with Crippen molar-refractivity contribution in [2.75, 3.05) is 25.2 Å². The Kier molecular flexibility index (Phi) is 4.83. The highest BCUT2D eigenvalue weighted by Crippen LogP contribution is 2.37. The molecular weight excluding hydrogens is 264 g/mol. The van der Waals surface area contributed by atoms with Crippen molar-refractivity contribution in [3.05, 3.63) is 22.9 Å². The van der Waals surface area contributed by atoms with Crippen molar-refractivity contribution >= 4 is 11.7 Å². The first-order valence-corrected chi connectivity index (χ1v) is 7.54. The number of rotatable bonds is 7. The lowest BCUT2D eigenvalue weighted by atomic mass is 10.1. The van der Waals surface area contributed by atoms with E-state index in [1.54, 1.807) is 7.11 Å². The molecule has 0 aliphatic heterocycles. The number of aryl methyl sites for hydroxylation is 2. The fraction of sp³-hybridized carbons (Fsp3) is 0.625. The molecule has 3 N–H and O–H groups in total. The van der Waals surface area contributed by atoms with E-state index in [-0.39, 0.29) is 5.84 Å². The summed E-state index contributed by atoms with van der Waals surface area (Å²) >= 11 is 0. The molecule has 116 valence electrons. The summed E-state index contributed by atoms with van der Waals surface area (Å²) in [5.74, 6) is 1.63. The first-order chi connectivity index (χ1) is 9.95. The predicted octanol–water partition coefficient (Wildman–Crippen LogP) is 2.23. The minimum absolute atomic E-state index is 0.0837. The Morgan fingerprint density at radius 3 is 2.71 bits per heavy atom. The first-order valence-electron chi connectivity index (χ1n) is 7.54. The van der Waals surface area contributed by atoms with Gasteiger partial charge in [-0.3, -0.25) is 5.41 Å². The van der Waals surface area contributed by atoms with Crippen LogP contribution in [0, 0.1) is 25.2 Å². The molecule has 0 aromatic carbocycles. The van der Waals surface area contributed by atoms with Crippen LogP contribution >= 0.6 is 0 Å². The van der Waals surface area contributed by atoms with E-state index in [9.17, 15) is 0 Å². The molecule has 5 heteroatoms. The van der Waals surface area contributed by atoms with E-state index in [1.807, 2.05) is 19.9 Å². The van der Waals surface area contributed by atoms with Crippen LogP contribution < -0.4 is 10.6 Å². The van der Waals surface area contributed by atoms with Crippen LogP contribution in [0.5, 0.6) is 0 Å². The van der Waals surface area contributed by atoms with Crippen LogP contribution in [0.1, 0.15) is 36.6 Å². The molecule has 1 unspecified atom stereocenters. The van der Waals surface area contributed by atoms with E-state index < -0.39 is 0 Å². The second-order valence-electron chi connectivity index (χ2n) is 5.96. The number of nitrogens with two attached hydrogens (primary N) is 1. The molecule has 1 aromatic rings. The van der Waals surface area contributed by atoms with Gasteiger partial charge in [-0.1, -0.05) is 0 Å². The lowest BCUT2D eigenvalue weighted by Crippen LogP contribution is -2.39. The number of methoxy groups -OCH3 is 1.